The average Bonchev–Trinajstić information content (AvgIpc) is 3.40. The van der Waals surface area contributed by atoms with Crippen molar-refractivity contribution in [2.24, 2.45) is 0 Å². The number of epoxide rings is 1. The Hall–Kier alpha value is -2.79. The lowest BCUT2D eigenvalue weighted by atomic mass is 10.2. The Morgan fingerprint density at radius 2 is 1.70 bits per heavy atom. The lowest BCUT2D eigenvalue weighted by Gasteiger charge is -2.07. The first-order valence-electron chi connectivity index (χ1n) is 7.19. The minimum Gasteiger partial charge on any atom is -0.491 e. The summed E-state index contributed by atoms with van der Waals surface area (Å²) in [5.74, 6) is 1.33. The molecular weight excluding hydrogens is 296 g/mol. The van der Waals surface area contributed by atoms with Gasteiger partial charge >= 0.3 is 5.97 Å². The van der Waals surface area contributed by atoms with E-state index >= 15 is 0 Å². The molecule has 118 valence electrons. The Bertz CT molecular complexity index is 672. The van der Waals surface area contributed by atoms with Crippen LogP contribution >= 0.6 is 0 Å². The third-order valence-corrected chi connectivity index (χ3v) is 3.18. The fraction of sp³-hybridized carbons (Fsp3) is 0.167. The highest BCUT2D eigenvalue weighted by Crippen LogP contribution is 2.20. The quantitative estimate of drug-likeness (QED) is 0.340. The van der Waals surface area contributed by atoms with Gasteiger partial charge < -0.3 is 18.9 Å². The van der Waals surface area contributed by atoms with Gasteiger partial charge in [-0.2, -0.15) is 0 Å². The molecule has 0 aromatic heterocycles. The van der Waals surface area contributed by atoms with E-state index in [1.165, 1.54) is 6.26 Å². The summed E-state index contributed by atoms with van der Waals surface area (Å²) in [6, 6.07) is 13.5. The zero-order chi connectivity index (χ0) is 16.1. The summed E-state index contributed by atoms with van der Waals surface area (Å²) < 4.78 is 21.0. The maximum Gasteiger partial charge on any atom is 0.343 e. The molecule has 2 aromatic rings. The number of carbonyl (C=O) groups excluding carboxylic acids is 1. The van der Waals surface area contributed by atoms with Crippen LogP contribution in [0.4, 0.5) is 0 Å². The van der Waals surface area contributed by atoms with Gasteiger partial charge in [0, 0.05) is 0 Å². The standard InChI is InChI=1S/C18H16O5/c1-2-20-14-7-9-16(10-8-14)23-18(19)13-3-5-15(6-4-13)21-11-17-12-22-17/h2-10,17H,1,11-12H2. The van der Waals surface area contributed by atoms with Crippen molar-refractivity contribution in [2.75, 3.05) is 13.2 Å². The minimum atomic E-state index is -0.431. The first-order valence-corrected chi connectivity index (χ1v) is 7.19. The van der Waals surface area contributed by atoms with Crippen LogP contribution in [0.25, 0.3) is 0 Å². The number of carbonyl (C=O) groups is 1. The molecule has 0 saturated carbocycles. The summed E-state index contributed by atoms with van der Waals surface area (Å²) >= 11 is 0. The summed E-state index contributed by atoms with van der Waals surface area (Å²) in [5, 5.41) is 0. The predicted octanol–water partition coefficient (Wildman–Crippen LogP) is 3.21. The maximum absolute atomic E-state index is 12.1. The Kier molecular flexibility index (Phi) is 4.59. The number of hydrogen-bond acceptors (Lipinski definition) is 5. The molecule has 1 aliphatic heterocycles. The van der Waals surface area contributed by atoms with Crippen molar-refractivity contribution in [3.63, 3.8) is 0 Å². The summed E-state index contributed by atoms with van der Waals surface area (Å²) in [7, 11) is 0. The number of benzene rings is 2. The topological polar surface area (TPSA) is 57.3 Å². The molecule has 0 amide bonds. The van der Waals surface area contributed by atoms with Crippen molar-refractivity contribution in [3.05, 3.63) is 66.9 Å². The molecule has 1 saturated heterocycles. The van der Waals surface area contributed by atoms with E-state index in [2.05, 4.69) is 6.58 Å². The lowest BCUT2D eigenvalue weighted by Crippen LogP contribution is -2.09. The van der Waals surface area contributed by atoms with Gasteiger partial charge in [0.15, 0.2) is 0 Å². The van der Waals surface area contributed by atoms with Gasteiger partial charge in [-0.15, -0.1) is 0 Å². The van der Waals surface area contributed by atoms with Gasteiger partial charge in [-0.05, 0) is 48.5 Å². The lowest BCUT2D eigenvalue weighted by molar-refractivity contribution is 0.0734. The molecule has 23 heavy (non-hydrogen) atoms. The van der Waals surface area contributed by atoms with Crippen LogP contribution in [0.2, 0.25) is 0 Å². The van der Waals surface area contributed by atoms with E-state index in [-0.39, 0.29) is 6.10 Å². The monoisotopic (exact) mass is 312 g/mol. The second-order valence-corrected chi connectivity index (χ2v) is 4.94. The van der Waals surface area contributed by atoms with E-state index in [0.717, 1.165) is 6.61 Å². The zero-order valence-corrected chi connectivity index (χ0v) is 12.4. The van der Waals surface area contributed by atoms with Crippen LogP contribution in [0, 0.1) is 0 Å². The summed E-state index contributed by atoms with van der Waals surface area (Å²) in [6.45, 7) is 4.76. The van der Waals surface area contributed by atoms with E-state index in [9.17, 15) is 4.79 Å². The zero-order valence-electron chi connectivity index (χ0n) is 12.4. The van der Waals surface area contributed by atoms with Gasteiger partial charge in [-0.3, -0.25) is 0 Å². The van der Waals surface area contributed by atoms with E-state index < -0.39 is 5.97 Å². The van der Waals surface area contributed by atoms with Crippen LogP contribution < -0.4 is 14.2 Å². The van der Waals surface area contributed by atoms with Crippen molar-refractivity contribution in [2.45, 2.75) is 6.10 Å². The van der Waals surface area contributed by atoms with Crippen LogP contribution in [0.15, 0.2) is 61.4 Å². The maximum atomic E-state index is 12.1. The van der Waals surface area contributed by atoms with Gasteiger partial charge in [0.25, 0.3) is 0 Å². The van der Waals surface area contributed by atoms with Crippen molar-refractivity contribution in [1.29, 1.82) is 0 Å². The van der Waals surface area contributed by atoms with Crippen molar-refractivity contribution >= 4 is 5.97 Å². The molecule has 5 heteroatoms. The number of hydrogen-bond donors (Lipinski definition) is 0. The number of esters is 1. The van der Waals surface area contributed by atoms with Crippen LogP contribution in [-0.2, 0) is 4.74 Å². The molecule has 1 unspecified atom stereocenters. The Balaban J connectivity index is 1.57. The van der Waals surface area contributed by atoms with Crippen molar-refractivity contribution in [1.82, 2.24) is 0 Å². The molecule has 5 nitrogen and oxygen atoms in total. The molecule has 2 aromatic carbocycles. The van der Waals surface area contributed by atoms with E-state index in [4.69, 9.17) is 18.9 Å². The second kappa shape index (κ2) is 6.98. The van der Waals surface area contributed by atoms with E-state index in [1.807, 2.05) is 0 Å². The molecule has 0 N–H and O–H groups in total. The minimum absolute atomic E-state index is 0.202. The van der Waals surface area contributed by atoms with Crippen LogP contribution in [-0.4, -0.2) is 25.3 Å². The van der Waals surface area contributed by atoms with Crippen LogP contribution in [0.5, 0.6) is 17.2 Å². The molecule has 1 fully saturated rings. The first kappa shape index (κ1) is 15.1. The Morgan fingerprint density at radius 3 is 2.30 bits per heavy atom. The van der Waals surface area contributed by atoms with Crippen LogP contribution in [0.1, 0.15) is 10.4 Å². The highest BCUT2D eigenvalue weighted by Gasteiger charge is 2.23. The second-order valence-electron chi connectivity index (χ2n) is 4.94. The smallest absolute Gasteiger partial charge is 0.343 e. The number of rotatable bonds is 7. The average molecular weight is 312 g/mol. The van der Waals surface area contributed by atoms with Gasteiger partial charge in [-0.25, -0.2) is 4.79 Å². The summed E-state index contributed by atoms with van der Waals surface area (Å²) in [6.07, 6.45) is 1.53. The fourth-order valence-corrected chi connectivity index (χ4v) is 1.89. The fourth-order valence-electron chi connectivity index (χ4n) is 1.89. The van der Waals surface area contributed by atoms with Gasteiger partial charge in [0.1, 0.15) is 30.0 Å². The van der Waals surface area contributed by atoms with Gasteiger partial charge in [0.2, 0.25) is 0 Å². The van der Waals surface area contributed by atoms with E-state index in [1.54, 1.807) is 48.5 Å². The SMILES string of the molecule is C=COc1ccc(OC(=O)c2ccc(OCC3CO3)cc2)cc1. The number of ether oxygens (including phenoxy) is 4. The molecule has 1 aliphatic rings. The summed E-state index contributed by atoms with van der Waals surface area (Å²) in [4.78, 5) is 12.1. The molecule has 1 heterocycles. The summed E-state index contributed by atoms with van der Waals surface area (Å²) in [5.41, 5.74) is 0.450. The molecule has 0 radical (unpaired) electrons. The molecule has 0 spiro atoms. The predicted molar refractivity (Wildman–Crippen MR) is 83.9 cm³/mol. The normalized spacial score (nSPS) is 15.6. The van der Waals surface area contributed by atoms with Crippen molar-refractivity contribution < 1.29 is 23.7 Å². The highest BCUT2D eigenvalue weighted by atomic mass is 16.6. The Morgan fingerprint density at radius 1 is 1.09 bits per heavy atom. The molecule has 0 aliphatic carbocycles. The highest BCUT2D eigenvalue weighted by molar-refractivity contribution is 5.91. The molecular formula is C18H16O5. The largest absolute Gasteiger partial charge is 0.491 e. The van der Waals surface area contributed by atoms with Crippen molar-refractivity contribution in [3.8, 4) is 17.2 Å². The van der Waals surface area contributed by atoms with Gasteiger partial charge in [-0.1, -0.05) is 6.58 Å². The molecule has 3 rings (SSSR count). The van der Waals surface area contributed by atoms with E-state index in [0.29, 0.717) is 29.4 Å². The third kappa shape index (κ3) is 4.34. The van der Waals surface area contributed by atoms with Crippen LogP contribution in [0.3, 0.4) is 0 Å². The third-order valence-electron chi connectivity index (χ3n) is 3.18. The molecule has 0 bridgehead atoms. The Labute approximate surface area is 134 Å². The molecule has 1 atom stereocenters. The van der Waals surface area contributed by atoms with Gasteiger partial charge in [0.05, 0.1) is 18.4 Å². The first-order chi connectivity index (χ1) is 11.2.